The van der Waals surface area contributed by atoms with Gasteiger partial charge in [-0.3, -0.25) is 4.52 Å². The maximum Gasteiger partial charge on any atom is 0.427 e. The van der Waals surface area contributed by atoms with Crippen molar-refractivity contribution in [1.29, 1.82) is 0 Å². The molecule has 0 fully saturated rings. The van der Waals surface area contributed by atoms with Gasteiger partial charge < -0.3 is 12.4 Å². The maximum atomic E-state index is 5.56. The van der Waals surface area contributed by atoms with E-state index in [1.54, 1.807) is 0 Å². The zero-order chi connectivity index (χ0) is 19.5. The summed E-state index contributed by atoms with van der Waals surface area (Å²) in [6.45, 7) is 5.71. The molecule has 0 saturated carbocycles. The van der Waals surface area contributed by atoms with Crippen LogP contribution < -0.4 is 16.9 Å². The van der Waals surface area contributed by atoms with Crippen LogP contribution in [0.25, 0.3) is 11.4 Å². The summed E-state index contributed by atoms with van der Waals surface area (Å²) >= 11 is 0. The molecule has 0 spiro atoms. The first kappa shape index (κ1) is 24.6. The van der Waals surface area contributed by atoms with Gasteiger partial charge in [0.25, 0.3) is 0 Å². The molecule has 0 aliphatic carbocycles. The topological polar surface area (TPSA) is 38.9 Å². The molecule has 1 aromatic carbocycles. The van der Waals surface area contributed by atoms with E-state index in [9.17, 15) is 0 Å². The highest BCUT2D eigenvalue weighted by Crippen LogP contribution is 2.23. The lowest BCUT2D eigenvalue weighted by atomic mass is 9.97. The van der Waals surface area contributed by atoms with Gasteiger partial charge in [0.15, 0.2) is 0 Å². The highest BCUT2D eigenvalue weighted by Gasteiger charge is 2.26. The molecule has 1 unspecified atom stereocenters. The molecule has 5 heteroatoms. The normalized spacial score (nSPS) is 12.6. The van der Waals surface area contributed by atoms with Crippen molar-refractivity contribution in [1.82, 2.24) is 14.6 Å². The maximum absolute atomic E-state index is 5.56. The molecule has 0 bridgehead atoms. The number of benzene rings is 1. The van der Waals surface area contributed by atoms with Gasteiger partial charge in [0.2, 0.25) is 5.82 Å². The third-order valence-electron chi connectivity index (χ3n) is 5.43. The molecule has 1 atom stereocenters. The predicted molar refractivity (Wildman–Crippen MR) is 115 cm³/mol. The van der Waals surface area contributed by atoms with Crippen LogP contribution in [0.1, 0.15) is 71.6 Å². The van der Waals surface area contributed by atoms with Crippen molar-refractivity contribution < 1.29 is 16.9 Å². The summed E-state index contributed by atoms with van der Waals surface area (Å²) in [6, 6.07) is 10.7. The number of quaternary nitrogens is 1. The Hall–Kier alpha value is -1.39. The molecule has 0 aliphatic rings. The van der Waals surface area contributed by atoms with E-state index < -0.39 is 0 Å². The smallest absolute Gasteiger partial charge is 0.427 e. The number of hydrogen-bond acceptors (Lipinski definition) is 3. The Morgan fingerprint density at radius 1 is 0.929 bits per heavy atom. The van der Waals surface area contributed by atoms with Gasteiger partial charge in [-0.05, 0) is 18.8 Å². The molecule has 0 N–H and O–H groups in total. The molecule has 2 aromatic rings. The summed E-state index contributed by atoms with van der Waals surface area (Å²) in [7, 11) is 4.30. The number of unbranched alkanes of at least 4 members (excludes halogenated alkanes) is 5. The summed E-state index contributed by atoms with van der Waals surface area (Å²) < 4.78 is 6.20. The van der Waals surface area contributed by atoms with Crippen LogP contribution in [0.15, 0.2) is 34.9 Å². The van der Waals surface area contributed by atoms with Gasteiger partial charge in [0.05, 0.1) is 20.6 Å². The molecule has 28 heavy (non-hydrogen) atoms. The Morgan fingerprint density at radius 3 is 2.25 bits per heavy atom. The van der Waals surface area contributed by atoms with Crippen LogP contribution in [0.3, 0.4) is 0 Å². The first-order valence-electron chi connectivity index (χ1n) is 10.8. The molecule has 1 heterocycles. The van der Waals surface area contributed by atoms with Crippen LogP contribution in [-0.4, -0.2) is 30.8 Å². The third kappa shape index (κ3) is 8.32. The minimum absolute atomic E-state index is 0. The van der Waals surface area contributed by atoms with Gasteiger partial charge in [-0.1, -0.05) is 94.3 Å². The van der Waals surface area contributed by atoms with E-state index in [-0.39, 0.29) is 12.4 Å². The second-order valence-electron chi connectivity index (χ2n) is 8.48. The molecule has 158 valence electrons. The molecule has 0 amide bonds. The van der Waals surface area contributed by atoms with E-state index in [0.29, 0.717) is 16.3 Å². The molecule has 2 rings (SSSR count). The molecular formula is C23H38ClN3O. The lowest BCUT2D eigenvalue weighted by molar-refractivity contribution is -0.00000644. The minimum Gasteiger partial charge on any atom is -1.00 e. The average molecular weight is 408 g/mol. The predicted octanol–water partition coefficient (Wildman–Crippen LogP) is 3.47. The first-order valence-corrected chi connectivity index (χ1v) is 10.8. The van der Waals surface area contributed by atoms with Gasteiger partial charge in [0, 0.05) is 5.56 Å². The average Bonchev–Trinajstić information content (AvgIpc) is 3.17. The summed E-state index contributed by atoms with van der Waals surface area (Å²) in [6.07, 6.45) is 12.1. The Balaban J connectivity index is 0.00000392. The highest BCUT2D eigenvalue weighted by molar-refractivity contribution is 5.54. The number of rotatable bonds is 13. The highest BCUT2D eigenvalue weighted by atomic mass is 35.5. The van der Waals surface area contributed by atoms with E-state index in [4.69, 9.17) is 4.52 Å². The van der Waals surface area contributed by atoms with E-state index in [2.05, 4.69) is 38.1 Å². The summed E-state index contributed by atoms with van der Waals surface area (Å²) in [5.41, 5.74) is 1.00. The van der Waals surface area contributed by atoms with E-state index in [0.717, 1.165) is 18.0 Å². The first-order chi connectivity index (χ1) is 13.0. The zero-order valence-electron chi connectivity index (χ0n) is 18.2. The number of hydrogen-bond donors (Lipinski definition) is 0. The minimum atomic E-state index is 0. The van der Waals surface area contributed by atoms with E-state index in [1.165, 1.54) is 57.8 Å². The molecular weight excluding hydrogens is 370 g/mol. The van der Waals surface area contributed by atoms with Crippen LogP contribution in [0.5, 0.6) is 0 Å². The van der Waals surface area contributed by atoms with Gasteiger partial charge in [0.1, 0.15) is 0 Å². The van der Waals surface area contributed by atoms with Gasteiger partial charge in [-0.2, -0.15) is 0 Å². The third-order valence-corrected chi connectivity index (χ3v) is 5.43. The number of nitrogens with zero attached hydrogens (tertiary/aromatic N) is 3. The largest absolute Gasteiger partial charge is 1.00 e. The van der Waals surface area contributed by atoms with Crippen LogP contribution in [-0.2, 0) is 0 Å². The zero-order valence-corrected chi connectivity index (χ0v) is 18.9. The number of halogens is 1. The van der Waals surface area contributed by atoms with Crippen LogP contribution in [0, 0.1) is 5.92 Å². The fraction of sp³-hybridized carbons (Fsp3) is 0.652. The Morgan fingerprint density at radius 2 is 1.57 bits per heavy atom. The van der Waals surface area contributed by atoms with Crippen molar-refractivity contribution in [3.05, 3.63) is 30.3 Å². The summed E-state index contributed by atoms with van der Waals surface area (Å²) in [5, 5.41) is 4.16. The van der Waals surface area contributed by atoms with Crippen molar-refractivity contribution in [3.8, 4) is 11.4 Å². The molecule has 0 aliphatic heterocycles. The molecule has 0 radical (unpaired) electrons. The van der Waals surface area contributed by atoms with Crippen molar-refractivity contribution >= 4 is 6.01 Å². The standard InChI is InChI=1S/C23H38N3O.ClH/c1-5-6-7-8-10-15-20(2)16-13-14-19-26(3,4)23-24-22(25-27-23)21-17-11-9-12-18-21;/h9,11-12,17-18,20H,5-8,10,13-16,19H2,1-4H3;1H/q+1;/p-1. The SMILES string of the molecule is CCCCCCCC(C)CCCC[N+](C)(C)c1nc(-c2ccccc2)no1.[Cl-]. The number of aromatic nitrogens is 2. The van der Waals surface area contributed by atoms with E-state index in [1.807, 2.05) is 30.3 Å². The van der Waals surface area contributed by atoms with Crippen LogP contribution >= 0.6 is 0 Å². The Kier molecular flexibility index (Phi) is 11.4. The van der Waals surface area contributed by atoms with E-state index >= 15 is 0 Å². The van der Waals surface area contributed by atoms with Gasteiger partial charge >= 0.3 is 6.01 Å². The summed E-state index contributed by atoms with van der Waals surface area (Å²) in [4.78, 5) is 4.63. The van der Waals surface area contributed by atoms with Crippen LogP contribution in [0.2, 0.25) is 0 Å². The van der Waals surface area contributed by atoms with Crippen molar-refractivity contribution in [3.63, 3.8) is 0 Å². The van der Waals surface area contributed by atoms with Crippen LogP contribution in [0.4, 0.5) is 6.01 Å². The monoisotopic (exact) mass is 407 g/mol. The quantitative estimate of drug-likeness (QED) is 0.377. The lowest BCUT2D eigenvalue weighted by Crippen LogP contribution is -3.00. The summed E-state index contributed by atoms with van der Waals surface area (Å²) in [5.74, 6) is 1.52. The van der Waals surface area contributed by atoms with Gasteiger partial charge in [-0.15, -0.1) is 4.98 Å². The lowest BCUT2D eigenvalue weighted by Gasteiger charge is -2.23. The second kappa shape index (κ2) is 12.9. The fourth-order valence-electron chi connectivity index (χ4n) is 3.50. The van der Waals surface area contributed by atoms with Crippen molar-refractivity contribution in [2.45, 2.75) is 71.6 Å². The van der Waals surface area contributed by atoms with Crippen molar-refractivity contribution in [2.75, 3.05) is 20.6 Å². The van der Waals surface area contributed by atoms with Crippen molar-refractivity contribution in [2.24, 2.45) is 5.92 Å². The Bertz CT molecular complexity index is 642. The van der Waals surface area contributed by atoms with Gasteiger partial charge in [-0.25, -0.2) is 4.48 Å². The molecule has 0 saturated heterocycles. The fourth-order valence-corrected chi connectivity index (χ4v) is 3.50. The molecule has 1 aromatic heterocycles. The Labute approximate surface area is 177 Å². The molecule has 4 nitrogen and oxygen atoms in total. The second-order valence-corrected chi connectivity index (χ2v) is 8.48.